The van der Waals surface area contributed by atoms with Crippen molar-refractivity contribution in [1.29, 1.82) is 0 Å². The Morgan fingerprint density at radius 3 is 2.58 bits per heavy atom. The number of carbonyl (C=O) groups is 1. The first-order chi connectivity index (χ1) is 18.0. The maximum absolute atomic E-state index is 15.5. The quantitative estimate of drug-likeness (QED) is 0.284. The topological polar surface area (TPSA) is 71.5 Å². The minimum Gasteiger partial charge on any atom is -0.478 e. The molecular formula is C29H28F3N3O3. The Kier molecular flexibility index (Phi) is 6.65. The van der Waals surface area contributed by atoms with E-state index >= 15 is 8.78 Å². The van der Waals surface area contributed by atoms with E-state index in [1.807, 2.05) is 36.0 Å². The Morgan fingerprint density at radius 2 is 1.95 bits per heavy atom. The van der Waals surface area contributed by atoms with E-state index in [1.165, 1.54) is 13.8 Å². The van der Waals surface area contributed by atoms with Gasteiger partial charge in [0.25, 0.3) is 0 Å². The second-order valence-electron chi connectivity index (χ2n) is 10.2. The molecule has 0 aliphatic carbocycles. The van der Waals surface area contributed by atoms with E-state index in [0.717, 1.165) is 52.9 Å². The number of benzene rings is 2. The highest BCUT2D eigenvalue weighted by molar-refractivity contribution is 5.88. The smallest absolute Gasteiger partial charge is 0.328 e. The Labute approximate surface area is 218 Å². The number of fused-ring (bicyclic) bond motifs is 3. The number of halogens is 3. The second-order valence-corrected chi connectivity index (χ2v) is 10.2. The fourth-order valence-electron chi connectivity index (χ4n) is 5.16. The van der Waals surface area contributed by atoms with Crippen LogP contribution < -0.4 is 0 Å². The van der Waals surface area contributed by atoms with Crippen LogP contribution >= 0.6 is 0 Å². The van der Waals surface area contributed by atoms with E-state index in [2.05, 4.69) is 5.10 Å². The molecule has 2 aromatic heterocycles. The molecule has 0 saturated carbocycles. The number of aromatic nitrogens is 2. The molecule has 3 heterocycles. The van der Waals surface area contributed by atoms with Gasteiger partial charge >= 0.3 is 5.97 Å². The van der Waals surface area contributed by atoms with E-state index in [0.29, 0.717) is 24.3 Å². The molecule has 0 saturated heterocycles. The van der Waals surface area contributed by atoms with Crippen LogP contribution in [0.4, 0.5) is 13.2 Å². The van der Waals surface area contributed by atoms with Gasteiger partial charge in [-0.1, -0.05) is 6.07 Å². The number of furan rings is 1. The zero-order chi connectivity index (χ0) is 27.2. The summed E-state index contributed by atoms with van der Waals surface area (Å²) in [7, 11) is 0. The van der Waals surface area contributed by atoms with Gasteiger partial charge in [-0.15, -0.1) is 0 Å². The van der Waals surface area contributed by atoms with Gasteiger partial charge in [-0.3, -0.25) is 9.58 Å². The van der Waals surface area contributed by atoms with Crippen molar-refractivity contribution in [2.75, 3.05) is 13.1 Å². The summed E-state index contributed by atoms with van der Waals surface area (Å²) in [4.78, 5) is 12.6. The number of carboxylic acid groups (broad SMARTS) is 1. The molecule has 0 unspecified atom stereocenters. The Morgan fingerprint density at radius 1 is 1.21 bits per heavy atom. The standard InChI is InChI=1S/C29H28F3N3O3/c1-4-35-15-19(14-33-35)18-6-7-24-21(13-18)20-9-10-34(16-29(2,3)32)27(28(20)38-24)26-22(30)11-17(12-23(26)31)5-8-25(36)37/h5-8,11-15,27H,4,9-10,16H2,1-3H3,(H,36,37)/b8-5+/t27-/m1/s1. The Balaban J connectivity index is 1.64. The van der Waals surface area contributed by atoms with Crippen LogP contribution in [0.3, 0.4) is 0 Å². The van der Waals surface area contributed by atoms with Gasteiger partial charge < -0.3 is 9.52 Å². The first kappa shape index (κ1) is 25.8. The molecule has 1 aliphatic heterocycles. The van der Waals surface area contributed by atoms with Crippen LogP contribution in [-0.2, 0) is 17.8 Å². The normalized spacial score (nSPS) is 16.4. The zero-order valence-electron chi connectivity index (χ0n) is 21.3. The van der Waals surface area contributed by atoms with Crippen LogP contribution in [0.5, 0.6) is 0 Å². The number of hydrogen-bond acceptors (Lipinski definition) is 4. The van der Waals surface area contributed by atoms with Crippen molar-refractivity contribution >= 4 is 23.0 Å². The summed E-state index contributed by atoms with van der Waals surface area (Å²) in [5.41, 5.74) is 1.49. The van der Waals surface area contributed by atoms with Gasteiger partial charge in [0.1, 0.15) is 28.6 Å². The minimum absolute atomic E-state index is 0.0604. The number of aliphatic carboxylic acids is 1. The monoisotopic (exact) mass is 523 g/mol. The molecular weight excluding hydrogens is 495 g/mol. The van der Waals surface area contributed by atoms with E-state index in [9.17, 15) is 9.18 Å². The highest BCUT2D eigenvalue weighted by Gasteiger charge is 2.39. The number of carboxylic acids is 1. The summed E-state index contributed by atoms with van der Waals surface area (Å²) in [5, 5.41) is 14.0. The largest absolute Gasteiger partial charge is 0.478 e. The Hall–Kier alpha value is -3.85. The van der Waals surface area contributed by atoms with Gasteiger partial charge in [-0.25, -0.2) is 18.0 Å². The predicted octanol–water partition coefficient (Wildman–Crippen LogP) is 6.39. The molecule has 2 aromatic carbocycles. The summed E-state index contributed by atoms with van der Waals surface area (Å²) in [5.74, 6) is -2.57. The second kappa shape index (κ2) is 9.79. The summed E-state index contributed by atoms with van der Waals surface area (Å²) >= 11 is 0. The van der Waals surface area contributed by atoms with Crippen molar-refractivity contribution in [3.63, 3.8) is 0 Å². The number of rotatable bonds is 7. The first-order valence-corrected chi connectivity index (χ1v) is 12.4. The molecule has 198 valence electrons. The van der Waals surface area contributed by atoms with Crippen LogP contribution in [0.2, 0.25) is 0 Å². The van der Waals surface area contributed by atoms with Crippen molar-refractivity contribution in [3.05, 3.63) is 82.9 Å². The Bertz CT molecular complexity index is 1520. The molecule has 9 heteroatoms. The molecule has 38 heavy (non-hydrogen) atoms. The molecule has 0 fully saturated rings. The highest BCUT2D eigenvalue weighted by atomic mass is 19.1. The van der Waals surface area contributed by atoms with Crippen molar-refractivity contribution in [3.8, 4) is 11.1 Å². The van der Waals surface area contributed by atoms with Crippen LogP contribution in [-0.4, -0.2) is 44.5 Å². The fourth-order valence-corrected chi connectivity index (χ4v) is 5.16. The van der Waals surface area contributed by atoms with Gasteiger partial charge in [0.05, 0.1) is 12.2 Å². The lowest BCUT2D eigenvalue weighted by molar-refractivity contribution is -0.131. The van der Waals surface area contributed by atoms with Crippen molar-refractivity contribution in [2.24, 2.45) is 0 Å². The van der Waals surface area contributed by atoms with Crippen LogP contribution in [0.15, 0.2) is 53.2 Å². The van der Waals surface area contributed by atoms with Gasteiger partial charge in [0.15, 0.2) is 0 Å². The summed E-state index contributed by atoms with van der Waals surface area (Å²) in [6, 6.07) is 6.90. The number of alkyl halides is 1. The number of aryl methyl sites for hydroxylation is 1. The van der Waals surface area contributed by atoms with Gasteiger partial charge in [-0.2, -0.15) is 5.10 Å². The molecule has 6 nitrogen and oxygen atoms in total. The third-order valence-corrected chi connectivity index (χ3v) is 6.75. The van der Waals surface area contributed by atoms with Gasteiger partial charge in [0, 0.05) is 54.0 Å². The molecule has 0 amide bonds. The molecule has 0 radical (unpaired) electrons. The highest BCUT2D eigenvalue weighted by Crippen LogP contribution is 2.43. The maximum atomic E-state index is 15.5. The molecule has 1 N–H and O–H groups in total. The van der Waals surface area contributed by atoms with E-state index in [1.54, 1.807) is 11.1 Å². The molecule has 0 bridgehead atoms. The average molecular weight is 524 g/mol. The van der Waals surface area contributed by atoms with Crippen molar-refractivity contribution in [2.45, 2.75) is 45.4 Å². The third-order valence-electron chi connectivity index (χ3n) is 6.75. The minimum atomic E-state index is -1.62. The average Bonchev–Trinajstić information content (AvgIpc) is 3.47. The lowest BCUT2D eigenvalue weighted by Crippen LogP contribution is -2.43. The van der Waals surface area contributed by atoms with E-state index in [-0.39, 0.29) is 17.7 Å². The number of nitrogens with zero attached hydrogens (tertiary/aromatic N) is 3. The number of hydrogen-bond donors (Lipinski definition) is 1. The maximum Gasteiger partial charge on any atom is 0.328 e. The fraction of sp³-hybridized carbons (Fsp3) is 0.310. The van der Waals surface area contributed by atoms with Gasteiger partial charge in [-0.05, 0) is 68.7 Å². The lowest BCUT2D eigenvalue weighted by Gasteiger charge is -2.37. The SMILES string of the molecule is CCn1cc(-c2ccc3oc4c(c3c2)CCN(CC(C)(C)F)[C@@H]4c2c(F)cc(/C=C/C(=O)O)cc2F)cn1. The molecule has 1 aliphatic rings. The summed E-state index contributed by atoms with van der Waals surface area (Å²) in [6.07, 6.45) is 6.19. The van der Waals surface area contributed by atoms with Crippen LogP contribution in [0.1, 0.15) is 49.3 Å². The van der Waals surface area contributed by atoms with Crippen molar-refractivity contribution < 1.29 is 27.5 Å². The summed E-state index contributed by atoms with van der Waals surface area (Å²) in [6.45, 7) is 5.91. The first-order valence-electron chi connectivity index (χ1n) is 12.4. The molecule has 0 spiro atoms. The third kappa shape index (κ3) is 4.98. The van der Waals surface area contributed by atoms with E-state index < -0.39 is 29.3 Å². The summed E-state index contributed by atoms with van der Waals surface area (Å²) < 4.78 is 53.9. The van der Waals surface area contributed by atoms with Gasteiger partial charge in [0.2, 0.25) is 0 Å². The van der Waals surface area contributed by atoms with Crippen LogP contribution in [0.25, 0.3) is 28.2 Å². The zero-order valence-corrected chi connectivity index (χ0v) is 21.3. The van der Waals surface area contributed by atoms with Crippen molar-refractivity contribution in [1.82, 2.24) is 14.7 Å². The van der Waals surface area contributed by atoms with E-state index in [4.69, 9.17) is 9.52 Å². The predicted molar refractivity (Wildman–Crippen MR) is 138 cm³/mol. The molecule has 1 atom stereocenters. The molecule has 4 aromatic rings. The lowest BCUT2D eigenvalue weighted by atomic mass is 9.90. The van der Waals surface area contributed by atoms with Crippen LogP contribution in [0, 0.1) is 11.6 Å². The molecule has 5 rings (SSSR count).